The summed E-state index contributed by atoms with van der Waals surface area (Å²) in [7, 11) is 0. The molecule has 0 spiro atoms. The molecule has 0 radical (unpaired) electrons. The standard InChI is InChI=1S/C12H25N3O2/c1-4-7-13-11(16)6-8-14-12(17)9-15-10(3)5-2/h10,15H,4-9H2,1-3H3,(H,13,16)(H,14,17). The van der Waals surface area contributed by atoms with Crippen LogP contribution < -0.4 is 16.0 Å². The summed E-state index contributed by atoms with van der Waals surface area (Å²) in [6.45, 7) is 7.51. The maximum atomic E-state index is 11.4. The fraction of sp³-hybridized carbons (Fsp3) is 0.833. The number of carbonyl (C=O) groups excluding carboxylic acids is 2. The number of nitrogens with one attached hydrogen (secondary N) is 3. The number of amides is 2. The first-order valence-corrected chi connectivity index (χ1v) is 6.36. The molecule has 0 aliphatic carbocycles. The van der Waals surface area contributed by atoms with Gasteiger partial charge in [-0.15, -0.1) is 0 Å². The first-order chi connectivity index (χ1) is 8.10. The van der Waals surface area contributed by atoms with Gasteiger partial charge < -0.3 is 16.0 Å². The maximum Gasteiger partial charge on any atom is 0.233 e. The van der Waals surface area contributed by atoms with Crippen molar-refractivity contribution in [1.82, 2.24) is 16.0 Å². The average Bonchev–Trinajstić information content (AvgIpc) is 2.33. The lowest BCUT2D eigenvalue weighted by molar-refractivity contribution is -0.122. The molecular formula is C12H25N3O2. The van der Waals surface area contributed by atoms with Crippen molar-refractivity contribution in [3.8, 4) is 0 Å². The van der Waals surface area contributed by atoms with E-state index in [4.69, 9.17) is 0 Å². The van der Waals surface area contributed by atoms with E-state index in [0.29, 0.717) is 32.1 Å². The van der Waals surface area contributed by atoms with Crippen molar-refractivity contribution in [2.24, 2.45) is 0 Å². The van der Waals surface area contributed by atoms with Gasteiger partial charge in [-0.2, -0.15) is 0 Å². The highest BCUT2D eigenvalue weighted by Crippen LogP contribution is 1.86. The maximum absolute atomic E-state index is 11.4. The first kappa shape index (κ1) is 15.9. The lowest BCUT2D eigenvalue weighted by atomic mass is 10.2. The Kier molecular flexibility index (Phi) is 9.43. The quantitative estimate of drug-likeness (QED) is 0.549. The van der Waals surface area contributed by atoms with Crippen LogP contribution in [0.2, 0.25) is 0 Å². The largest absolute Gasteiger partial charge is 0.356 e. The Hall–Kier alpha value is -1.10. The molecule has 5 heteroatoms. The molecule has 3 N–H and O–H groups in total. The summed E-state index contributed by atoms with van der Waals surface area (Å²) in [6, 6.07) is 0.341. The molecule has 5 nitrogen and oxygen atoms in total. The zero-order chi connectivity index (χ0) is 13.1. The van der Waals surface area contributed by atoms with E-state index in [1.54, 1.807) is 0 Å². The number of hydrogen-bond donors (Lipinski definition) is 3. The van der Waals surface area contributed by atoms with Crippen molar-refractivity contribution in [2.75, 3.05) is 19.6 Å². The third-order valence-electron chi connectivity index (χ3n) is 2.47. The van der Waals surface area contributed by atoms with Gasteiger partial charge in [0.1, 0.15) is 0 Å². The molecule has 0 bridgehead atoms. The molecule has 0 rings (SSSR count). The molecule has 17 heavy (non-hydrogen) atoms. The second-order valence-corrected chi connectivity index (χ2v) is 4.14. The summed E-state index contributed by atoms with van der Waals surface area (Å²) in [6.07, 6.45) is 2.26. The smallest absolute Gasteiger partial charge is 0.233 e. The molecule has 1 unspecified atom stereocenters. The van der Waals surface area contributed by atoms with E-state index in [0.717, 1.165) is 12.8 Å². The highest BCUT2D eigenvalue weighted by Gasteiger charge is 2.04. The molecule has 0 aliphatic heterocycles. The molecule has 0 aliphatic rings. The van der Waals surface area contributed by atoms with Gasteiger partial charge in [-0.25, -0.2) is 0 Å². The summed E-state index contributed by atoms with van der Waals surface area (Å²) in [5.41, 5.74) is 0. The second-order valence-electron chi connectivity index (χ2n) is 4.14. The SMILES string of the molecule is CCCNC(=O)CCNC(=O)CNC(C)CC. The van der Waals surface area contributed by atoms with Gasteiger partial charge in [-0.1, -0.05) is 13.8 Å². The molecular weight excluding hydrogens is 218 g/mol. The normalized spacial score (nSPS) is 11.9. The Bertz CT molecular complexity index is 232. The number of carbonyl (C=O) groups is 2. The van der Waals surface area contributed by atoms with Crippen LogP contribution in [0.3, 0.4) is 0 Å². The van der Waals surface area contributed by atoms with Crippen LogP contribution in [0.5, 0.6) is 0 Å². The third kappa shape index (κ3) is 9.81. The van der Waals surface area contributed by atoms with Gasteiger partial charge in [0.25, 0.3) is 0 Å². The number of hydrogen-bond acceptors (Lipinski definition) is 3. The van der Waals surface area contributed by atoms with Crippen molar-refractivity contribution in [3.05, 3.63) is 0 Å². The van der Waals surface area contributed by atoms with Gasteiger partial charge in [0.2, 0.25) is 11.8 Å². The summed E-state index contributed by atoms with van der Waals surface area (Å²) in [5.74, 6) is -0.0735. The minimum absolute atomic E-state index is 0.0120. The number of rotatable bonds is 9. The fourth-order valence-electron chi connectivity index (χ4n) is 1.14. The van der Waals surface area contributed by atoms with Crippen LogP contribution >= 0.6 is 0 Å². The molecule has 0 fully saturated rings. The lowest BCUT2D eigenvalue weighted by Gasteiger charge is -2.11. The average molecular weight is 243 g/mol. The van der Waals surface area contributed by atoms with Crippen LogP contribution in [-0.4, -0.2) is 37.5 Å². The molecule has 0 aromatic rings. The van der Waals surface area contributed by atoms with Crippen LogP contribution in [-0.2, 0) is 9.59 Å². The Morgan fingerprint density at radius 1 is 1.06 bits per heavy atom. The molecule has 0 saturated heterocycles. The van der Waals surface area contributed by atoms with Gasteiger partial charge in [0.15, 0.2) is 0 Å². The van der Waals surface area contributed by atoms with E-state index >= 15 is 0 Å². The van der Waals surface area contributed by atoms with Gasteiger partial charge in [-0.3, -0.25) is 9.59 Å². The zero-order valence-corrected chi connectivity index (χ0v) is 11.1. The molecule has 1 atom stereocenters. The Morgan fingerprint density at radius 2 is 1.71 bits per heavy atom. The minimum atomic E-state index is -0.0615. The van der Waals surface area contributed by atoms with Crippen molar-refractivity contribution < 1.29 is 9.59 Å². The van der Waals surface area contributed by atoms with Crippen LogP contribution in [0.4, 0.5) is 0 Å². The highest BCUT2D eigenvalue weighted by molar-refractivity contribution is 5.80. The Balaban J connectivity index is 3.47. The van der Waals surface area contributed by atoms with E-state index in [1.807, 2.05) is 13.8 Å². The van der Waals surface area contributed by atoms with Gasteiger partial charge in [-0.05, 0) is 19.8 Å². The summed E-state index contributed by atoms with van der Waals surface area (Å²) < 4.78 is 0. The van der Waals surface area contributed by atoms with Gasteiger partial charge in [0.05, 0.1) is 6.54 Å². The summed E-state index contributed by atoms with van der Waals surface area (Å²) >= 11 is 0. The third-order valence-corrected chi connectivity index (χ3v) is 2.47. The summed E-state index contributed by atoms with van der Waals surface area (Å²) in [5, 5.41) is 8.56. The summed E-state index contributed by atoms with van der Waals surface area (Å²) in [4.78, 5) is 22.6. The fourth-order valence-corrected chi connectivity index (χ4v) is 1.14. The van der Waals surface area contributed by atoms with E-state index in [-0.39, 0.29) is 11.8 Å². The Morgan fingerprint density at radius 3 is 2.29 bits per heavy atom. The molecule has 0 heterocycles. The second kappa shape index (κ2) is 10.1. The molecule has 2 amide bonds. The van der Waals surface area contributed by atoms with E-state index in [1.165, 1.54) is 0 Å². The monoisotopic (exact) mass is 243 g/mol. The van der Waals surface area contributed by atoms with Crippen molar-refractivity contribution in [1.29, 1.82) is 0 Å². The van der Waals surface area contributed by atoms with E-state index in [2.05, 4.69) is 22.9 Å². The minimum Gasteiger partial charge on any atom is -0.356 e. The van der Waals surface area contributed by atoms with Crippen molar-refractivity contribution in [2.45, 2.75) is 46.1 Å². The van der Waals surface area contributed by atoms with Crippen molar-refractivity contribution >= 4 is 11.8 Å². The predicted molar refractivity (Wildman–Crippen MR) is 68.7 cm³/mol. The molecule has 0 saturated carbocycles. The molecule has 100 valence electrons. The van der Waals surface area contributed by atoms with Gasteiger partial charge >= 0.3 is 0 Å². The lowest BCUT2D eigenvalue weighted by Crippen LogP contribution is -2.39. The Labute approximate surface area is 104 Å². The van der Waals surface area contributed by atoms with Crippen LogP contribution in [0, 0.1) is 0 Å². The van der Waals surface area contributed by atoms with Crippen LogP contribution in [0.1, 0.15) is 40.0 Å². The zero-order valence-electron chi connectivity index (χ0n) is 11.1. The van der Waals surface area contributed by atoms with Crippen LogP contribution in [0.25, 0.3) is 0 Å². The van der Waals surface area contributed by atoms with Crippen LogP contribution in [0.15, 0.2) is 0 Å². The highest BCUT2D eigenvalue weighted by atomic mass is 16.2. The predicted octanol–water partition coefficient (Wildman–Crippen LogP) is 0.407. The topological polar surface area (TPSA) is 70.2 Å². The van der Waals surface area contributed by atoms with E-state index in [9.17, 15) is 9.59 Å². The molecule has 0 aromatic heterocycles. The van der Waals surface area contributed by atoms with E-state index < -0.39 is 0 Å². The van der Waals surface area contributed by atoms with Gasteiger partial charge in [0, 0.05) is 25.6 Å². The first-order valence-electron chi connectivity index (χ1n) is 6.36. The van der Waals surface area contributed by atoms with Crippen molar-refractivity contribution in [3.63, 3.8) is 0 Å². The molecule has 0 aromatic carbocycles.